The molecule has 1 fully saturated rings. The zero-order valence-corrected chi connectivity index (χ0v) is 18.9. The summed E-state index contributed by atoms with van der Waals surface area (Å²) in [5, 5.41) is 8.09. The van der Waals surface area contributed by atoms with Gasteiger partial charge in [-0.05, 0) is 44.1 Å². The van der Waals surface area contributed by atoms with E-state index in [9.17, 15) is 9.59 Å². The minimum atomic E-state index is -0.521. The molecule has 0 saturated heterocycles. The van der Waals surface area contributed by atoms with Crippen LogP contribution in [0.3, 0.4) is 0 Å². The standard InChI is InChI=1S/C23H34N4O3/c1-13(2)20-10-17(18-11-24-27(14(3)4)22(18)26-20)23(29)30-12-21(28)25-19-9-7-8-15(5)16(19)6/h10-11,13-16,19H,7-9,12H2,1-6H3,(H,25,28)/t15-,16-,19-/m1/s1. The smallest absolute Gasteiger partial charge is 0.339 e. The molecule has 2 heterocycles. The van der Waals surface area contributed by atoms with Crippen molar-refractivity contribution < 1.29 is 14.3 Å². The highest BCUT2D eigenvalue weighted by molar-refractivity contribution is 6.03. The highest BCUT2D eigenvalue weighted by Crippen LogP contribution is 2.29. The Balaban J connectivity index is 1.74. The Hall–Kier alpha value is -2.44. The summed E-state index contributed by atoms with van der Waals surface area (Å²) in [7, 11) is 0. The van der Waals surface area contributed by atoms with Crippen LogP contribution in [-0.4, -0.2) is 39.3 Å². The van der Waals surface area contributed by atoms with Crippen LogP contribution in [0.1, 0.15) is 88.8 Å². The first kappa shape index (κ1) is 22.2. The second-order valence-electron chi connectivity index (χ2n) is 9.19. The number of hydrogen-bond donors (Lipinski definition) is 1. The number of aromatic nitrogens is 3. The number of pyridine rings is 1. The Morgan fingerprint density at radius 2 is 1.97 bits per heavy atom. The van der Waals surface area contributed by atoms with Crippen molar-refractivity contribution in [3.05, 3.63) is 23.5 Å². The summed E-state index contributed by atoms with van der Waals surface area (Å²) in [5.74, 6) is 0.390. The van der Waals surface area contributed by atoms with E-state index in [4.69, 9.17) is 9.72 Å². The molecule has 3 atom stereocenters. The number of ether oxygens (including phenoxy) is 1. The summed E-state index contributed by atoms with van der Waals surface area (Å²) in [6, 6.07) is 2.01. The molecule has 0 aliphatic heterocycles. The lowest BCUT2D eigenvalue weighted by molar-refractivity contribution is -0.125. The van der Waals surface area contributed by atoms with Gasteiger partial charge in [0.2, 0.25) is 0 Å². The van der Waals surface area contributed by atoms with E-state index in [2.05, 4.69) is 24.3 Å². The van der Waals surface area contributed by atoms with Gasteiger partial charge in [0.1, 0.15) is 0 Å². The van der Waals surface area contributed by atoms with Gasteiger partial charge in [-0.3, -0.25) is 4.79 Å². The molecule has 2 aromatic rings. The Labute approximate surface area is 178 Å². The Morgan fingerprint density at radius 1 is 1.23 bits per heavy atom. The molecule has 164 valence electrons. The third-order valence-electron chi connectivity index (χ3n) is 6.27. The van der Waals surface area contributed by atoms with Crippen LogP contribution in [0.5, 0.6) is 0 Å². The molecule has 0 aromatic carbocycles. The monoisotopic (exact) mass is 414 g/mol. The predicted octanol–water partition coefficient (Wildman–Crippen LogP) is 4.23. The van der Waals surface area contributed by atoms with Gasteiger partial charge >= 0.3 is 5.97 Å². The number of carbonyl (C=O) groups is 2. The molecule has 2 aromatic heterocycles. The van der Waals surface area contributed by atoms with Gasteiger partial charge in [-0.25, -0.2) is 14.5 Å². The molecule has 0 spiro atoms. The van der Waals surface area contributed by atoms with E-state index in [0.29, 0.717) is 28.4 Å². The molecule has 1 aliphatic rings. The van der Waals surface area contributed by atoms with Crippen molar-refractivity contribution in [3.8, 4) is 0 Å². The molecular formula is C23H34N4O3. The summed E-state index contributed by atoms with van der Waals surface area (Å²) in [6.45, 7) is 12.2. The average Bonchev–Trinajstić information content (AvgIpc) is 3.13. The Bertz CT molecular complexity index is 919. The molecule has 1 aliphatic carbocycles. The van der Waals surface area contributed by atoms with E-state index < -0.39 is 5.97 Å². The first-order valence-corrected chi connectivity index (χ1v) is 11.0. The van der Waals surface area contributed by atoms with Crippen molar-refractivity contribution in [2.75, 3.05) is 6.61 Å². The van der Waals surface area contributed by atoms with Gasteiger partial charge in [0, 0.05) is 17.8 Å². The van der Waals surface area contributed by atoms with Crippen LogP contribution < -0.4 is 5.32 Å². The second kappa shape index (κ2) is 9.14. The number of nitrogens with zero attached hydrogens (tertiary/aromatic N) is 3. The van der Waals surface area contributed by atoms with Crippen LogP contribution in [0.4, 0.5) is 0 Å². The van der Waals surface area contributed by atoms with Crippen molar-refractivity contribution in [1.82, 2.24) is 20.1 Å². The second-order valence-corrected chi connectivity index (χ2v) is 9.19. The normalized spacial score (nSPS) is 21.9. The highest BCUT2D eigenvalue weighted by atomic mass is 16.5. The van der Waals surface area contributed by atoms with E-state index in [1.807, 2.05) is 27.7 Å². The summed E-state index contributed by atoms with van der Waals surface area (Å²) in [6.07, 6.45) is 4.93. The molecular weight excluding hydrogens is 380 g/mol. The first-order valence-electron chi connectivity index (χ1n) is 11.0. The number of fused-ring (bicyclic) bond motifs is 1. The maximum absolute atomic E-state index is 12.9. The molecule has 0 unspecified atom stereocenters. The molecule has 1 amide bonds. The molecule has 30 heavy (non-hydrogen) atoms. The molecule has 7 heteroatoms. The lowest BCUT2D eigenvalue weighted by Gasteiger charge is -2.34. The zero-order chi connectivity index (χ0) is 22.0. The summed E-state index contributed by atoms with van der Waals surface area (Å²) < 4.78 is 7.19. The predicted molar refractivity (Wildman–Crippen MR) is 116 cm³/mol. The van der Waals surface area contributed by atoms with Crippen LogP contribution >= 0.6 is 0 Å². The SMILES string of the molecule is CC(C)c1cc(C(=O)OCC(=O)N[C@@H]2CCC[C@@H](C)[C@H]2C)c2cnn(C(C)C)c2n1. The minimum absolute atomic E-state index is 0.118. The maximum atomic E-state index is 12.9. The van der Waals surface area contributed by atoms with Gasteiger partial charge in [0.15, 0.2) is 12.3 Å². The largest absolute Gasteiger partial charge is 0.452 e. The number of esters is 1. The van der Waals surface area contributed by atoms with Gasteiger partial charge < -0.3 is 10.1 Å². The maximum Gasteiger partial charge on any atom is 0.339 e. The molecule has 0 radical (unpaired) electrons. The van der Waals surface area contributed by atoms with Crippen molar-refractivity contribution >= 4 is 22.9 Å². The molecule has 1 saturated carbocycles. The zero-order valence-electron chi connectivity index (χ0n) is 18.9. The van der Waals surface area contributed by atoms with Crippen LogP contribution in [0.25, 0.3) is 11.0 Å². The third-order valence-corrected chi connectivity index (χ3v) is 6.27. The summed E-state index contributed by atoms with van der Waals surface area (Å²) in [4.78, 5) is 30.0. The van der Waals surface area contributed by atoms with Gasteiger partial charge in [0.05, 0.1) is 17.1 Å². The van der Waals surface area contributed by atoms with Crippen LogP contribution in [-0.2, 0) is 9.53 Å². The van der Waals surface area contributed by atoms with Crippen LogP contribution in [0.15, 0.2) is 12.3 Å². The van der Waals surface area contributed by atoms with Gasteiger partial charge in [-0.15, -0.1) is 0 Å². The lowest BCUT2D eigenvalue weighted by atomic mass is 9.78. The number of amides is 1. The van der Waals surface area contributed by atoms with E-state index in [0.717, 1.165) is 18.5 Å². The Morgan fingerprint density at radius 3 is 2.63 bits per heavy atom. The van der Waals surface area contributed by atoms with Gasteiger partial charge in [0.25, 0.3) is 5.91 Å². The van der Waals surface area contributed by atoms with Crippen molar-refractivity contribution in [2.24, 2.45) is 11.8 Å². The fourth-order valence-electron chi connectivity index (χ4n) is 4.12. The minimum Gasteiger partial charge on any atom is -0.452 e. The topological polar surface area (TPSA) is 86.1 Å². The van der Waals surface area contributed by atoms with Crippen molar-refractivity contribution in [1.29, 1.82) is 0 Å². The van der Waals surface area contributed by atoms with E-state index in [1.54, 1.807) is 16.9 Å². The summed E-state index contributed by atoms with van der Waals surface area (Å²) >= 11 is 0. The van der Waals surface area contributed by atoms with Crippen LogP contribution in [0.2, 0.25) is 0 Å². The van der Waals surface area contributed by atoms with Crippen molar-refractivity contribution in [2.45, 2.75) is 78.8 Å². The van der Waals surface area contributed by atoms with E-state index in [-0.39, 0.29) is 30.5 Å². The van der Waals surface area contributed by atoms with Gasteiger partial charge in [-0.1, -0.05) is 40.5 Å². The number of nitrogens with one attached hydrogen (secondary N) is 1. The van der Waals surface area contributed by atoms with Crippen LogP contribution in [0, 0.1) is 11.8 Å². The van der Waals surface area contributed by atoms with E-state index >= 15 is 0 Å². The molecule has 0 bridgehead atoms. The Kier molecular flexibility index (Phi) is 6.78. The molecule has 7 nitrogen and oxygen atoms in total. The van der Waals surface area contributed by atoms with Crippen molar-refractivity contribution in [3.63, 3.8) is 0 Å². The quantitative estimate of drug-likeness (QED) is 0.715. The molecule has 1 N–H and O–H groups in total. The van der Waals surface area contributed by atoms with Gasteiger partial charge in [-0.2, -0.15) is 5.10 Å². The average molecular weight is 415 g/mol. The summed E-state index contributed by atoms with van der Waals surface area (Å²) in [5.41, 5.74) is 1.87. The first-order chi connectivity index (χ1) is 14.2. The number of rotatable bonds is 6. The fraction of sp³-hybridized carbons (Fsp3) is 0.652. The number of carbonyl (C=O) groups excluding carboxylic acids is 2. The number of hydrogen-bond acceptors (Lipinski definition) is 5. The van der Waals surface area contributed by atoms with E-state index in [1.165, 1.54) is 6.42 Å². The highest BCUT2D eigenvalue weighted by Gasteiger charge is 2.28. The lowest BCUT2D eigenvalue weighted by Crippen LogP contribution is -2.45. The third kappa shape index (κ3) is 4.65. The fourth-order valence-corrected chi connectivity index (χ4v) is 4.12. The molecule has 3 rings (SSSR count).